The Kier molecular flexibility index (Phi) is 18.4. The number of rotatable bonds is 16. The van der Waals surface area contributed by atoms with E-state index >= 15 is 0 Å². The highest BCUT2D eigenvalue weighted by Crippen LogP contribution is 2.08. The number of allylic oxidation sites excluding steroid dienone is 4. The molecule has 0 heterocycles. The van der Waals surface area contributed by atoms with Gasteiger partial charge in [0.25, 0.3) is 0 Å². The molecule has 0 aromatic heterocycles. The summed E-state index contributed by atoms with van der Waals surface area (Å²) in [4.78, 5) is 10.0. The summed E-state index contributed by atoms with van der Waals surface area (Å²) in [5.74, 6) is 0. The number of hydrogen-bond donors (Lipinski definition) is 0. The molecule has 0 N–H and O–H groups in total. The summed E-state index contributed by atoms with van der Waals surface area (Å²) in [5.41, 5.74) is 0. The van der Waals surface area contributed by atoms with Crippen LogP contribution in [0.1, 0.15) is 96.8 Å². The molecule has 0 amide bonds. The number of hydrogen-bond acceptors (Lipinski definition) is 1. The molecule has 0 saturated heterocycles. The molecule has 0 aliphatic carbocycles. The van der Waals surface area contributed by atoms with Crippen molar-refractivity contribution in [3.8, 4) is 0 Å². The predicted molar refractivity (Wildman–Crippen MR) is 94.3 cm³/mol. The molecule has 121 valence electrons. The Bertz CT molecular complexity index is 253. The minimum atomic E-state index is 0.610. The lowest BCUT2D eigenvalue weighted by atomic mass is 10.1. The maximum atomic E-state index is 10.0. The van der Waals surface area contributed by atoms with Gasteiger partial charge >= 0.3 is 0 Å². The summed E-state index contributed by atoms with van der Waals surface area (Å²) < 4.78 is 0. The maximum absolute atomic E-state index is 10.0. The molecule has 1 nitrogen and oxygen atoms in total. The van der Waals surface area contributed by atoms with Gasteiger partial charge in [-0.25, -0.2) is 0 Å². The molecule has 0 unspecified atom stereocenters. The lowest BCUT2D eigenvalue weighted by Gasteiger charge is -1.97. The third-order valence-corrected chi connectivity index (χ3v) is 3.73. The molecule has 0 aliphatic rings. The van der Waals surface area contributed by atoms with Crippen LogP contribution in [0.2, 0.25) is 0 Å². The molecule has 1 radical (unpaired) electrons. The zero-order valence-corrected chi connectivity index (χ0v) is 14.1. The van der Waals surface area contributed by atoms with Gasteiger partial charge in [0.15, 0.2) is 6.29 Å². The topological polar surface area (TPSA) is 17.1 Å². The van der Waals surface area contributed by atoms with Crippen LogP contribution in [0.4, 0.5) is 0 Å². The van der Waals surface area contributed by atoms with Crippen LogP contribution in [0.5, 0.6) is 0 Å². The van der Waals surface area contributed by atoms with Crippen LogP contribution in [-0.4, -0.2) is 6.29 Å². The van der Waals surface area contributed by atoms with Crippen LogP contribution >= 0.6 is 0 Å². The maximum Gasteiger partial charge on any atom is 0.198 e. The largest absolute Gasteiger partial charge is 0.291 e. The average Bonchev–Trinajstić information content (AvgIpc) is 2.50. The molecule has 21 heavy (non-hydrogen) atoms. The smallest absolute Gasteiger partial charge is 0.198 e. The van der Waals surface area contributed by atoms with Crippen LogP contribution in [0.15, 0.2) is 24.3 Å². The molecule has 0 aromatic carbocycles. The van der Waals surface area contributed by atoms with Crippen molar-refractivity contribution in [2.24, 2.45) is 0 Å². The number of carbonyl (C=O) groups excluding carboxylic acids is 1. The molecular weight excluding hydrogens is 256 g/mol. The summed E-state index contributed by atoms with van der Waals surface area (Å²) in [5, 5.41) is 0. The second kappa shape index (κ2) is 19.1. The second-order valence-electron chi connectivity index (χ2n) is 5.83. The van der Waals surface area contributed by atoms with Gasteiger partial charge in [0.1, 0.15) is 0 Å². The minimum Gasteiger partial charge on any atom is -0.291 e. The van der Waals surface area contributed by atoms with Gasteiger partial charge in [-0.15, -0.1) is 0 Å². The summed E-state index contributed by atoms with van der Waals surface area (Å²) >= 11 is 0. The van der Waals surface area contributed by atoms with Crippen molar-refractivity contribution in [2.45, 2.75) is 96.8 Å². The van der Waals surface area contributed by atoms with E-state index in [1.165, 1.54) is 70.6 Å². The van der Waals surface area contributed by atoms with Gasteiger partial charge in [-0.2, -0.15) is 0 Å². The van der Waals surface area contributed by atoms with Crippen molar-refractivity contribution in [1.29, 1.82) is 0 Å². The summed E-state index contributed by atoms with van der Waals surface area (Å²) in [6, 6.07) is 0. The van der Waals surface area contributed by atoms with Crippen LogP contribution in [-0.2, 0) is 4.79 Å². The van der Waals surface area contributed by atoms with Gasteiger partial charge < -0.3 is 0 Å². The van der Waals surface area contributed by atoms with Crippen molar-refractivity contribution in [3.05, 3.63) is 24.3 Å². The first-order valence-electron chi connectivity index (χ1n) is 9.06. The molecule has 0 atom stereocenters. The van der Waals surface area contributed by atoms with E-state index in [4.69, 9.17) is 0 Å². The highest BCUT2D eigenvalue weighted by atomic mass is 16.1. The standard InChI is InChI=1S/C20H35O/c1-2-3-4-5-6-7-8-9-10-11-12-13-14-15-16-17-18-19-20-21/h9-10,12-13H,2-8,11,14-19H2,1H3/b10-9+,13-12+. The summed E-state index contributed by atoms with van der Waals surface area (Å²) in [6.45, 7) is 2.27. The van der Waals surface area contributed by atoms with Gasteiger partial charge in [0.2, 0.25) is 0 Å². The van der Waals surface area contributed by atoms with E-state index in [-0.39, 0.29) is 0 Å². The van der Waals surface area contributed by atoms with E-state index in [2.05, 4.69) is 31.2 Å². The Labute approximate surface area is 132 Å². The van der Waals surface area contributed by atoms with Crippen molar-refractivity contribution in [2.75, 3.05) is 0 Å². The first kappa shape index (κ1) is 20.1. The molecule has 0 saturated carbocycles. The fourth-order valence-electron chi connectivity index (χ4n) is 2.36. The van der Waals surface area contributed by atoms with E-state index in [0.717, 1.165) is 12.8 Å². The van der Waals surface area contributed by atoms with E-state index in [1.54, 1.807) is 0 Å². The number of unbranched alkanes of at least 4 members (excludes halogenated alkanes) is 11. The van der Waals surface area contributed by atoms with Gasteiger partial charge in [-0.05, 0) is 38.5 Å². The lowest BCUT2D eigenvalue weighted by Crippen LogP contribution is -1.79. The van der Waals surface area contributed by atoms with Crippen molar-refractivity contribution < 1.29 is 4.79 Å². The highest BCUT2D eigenvalue weighted by Gasteiger charge is 1.89. The molecule has 0 aromatic rings. The summed E-state index contributed by atoms with van der Waals surface area (Å²) in [7, 11) is 0. The summed E-state index contributed by atoms with van der Waals surface area (Å²) in [6.07, 6.45) is 28.2. The SMILES string of the molecule is CCCCCCCC/C=C/C/C=C/CCCCCC[C]=O. The molecule has 1 heteroatoms. The zero-order valence-electron chi connectivity index (χ0n) is 14.1. The molecule has 0 spiro atoms. The van der Waals surface area contributed by atoms with Crippen LogP contribution < -0.4 is 0 Å². The first-order valence-corrected chi connectivity index (χ1v) is 9.06. The highest BCUT2D eigenvalue weighted by molar-refractivity contribution is 5.50. The van der Waals surface area contributed by atoms with E-state index in [9.17, 15) is 4.79 Å². The molecule has 0 bridgehead atoms. The fraction of sp³-hybridized carbons (Fsp3) is 0.750. The molecule has 0 rings (SSSR count). The van der Waals surface area contributed by atoms with Crippen molar-refractivity contribution >= 4 is 6.29 Å². The average molecular weight is 291 g/mol. The molecule has 0 aliphatic heterocycles. The van der Waals surface area contributed by atoms with Crippen LogP contribution in [0, 0.1) is 0 Å². The van der Waals surface area contributed by atoms with E-state index < -0.39 is 0 Å². The third-order valence-electron chi connectivity index (χ3n) is 3.73. The Morgan fingerprint density at radius 1 is 0.667 bits per heavy atom. The Hall–Kier alpha value is -0.850. The predicted octanol–water partition coefficient (Wildman–Crippen LogP) is 6.69. The second-order valence-corrected chi connectivity index (χ2v) is 5.83. The third kappa shape index (κ3) is 19.1. The van der Waals surface area contributed by atoms with Gasteiger partial charge in [0.05, 0.1) is 0 Å². The van der Waals surface area contributed by atoms with Crippen LogP contribution in [0.3, 0.4) is 0 Å². The zero-order chi connectivity index (χ0) is 15.4. The lowest BCUT2D eigenvalue weighted by molar-refractivity contribution is 0.544. The van der Waals surface area contributed by atoms with Crippen molar-refractivity contribution in [1.82, 2.24) is 0 Å². The minimum absolute atomic E-state index is 0.610. The van der Waals surface area contributed by atoms with Gasteiger partial charge in [-0.3, -0.25) is 4.79 Å². The monoisotopic (exact) mass is 291 g/mol. The Morgan fingerprint density at radius 2 is 1.19 bits per heavy atom. The van der Waals surface area contributed by atoms with E-state index in [0.29, 0.717) is 6.42 Å². The van der Waals surface area contributed by atoms with Crippen LogP contribution in [0.25, 0.3) is 0 Å². The van der Waals surface area contributed by atoms with Gasteiger partial charge in [-0.1, -0.05) is 76.2 Å². The molecular formula is C20H35O. The quantitative estimate of drug-likeness (QED) is 0.229. The Morgan fingerprint density at radius 3 is 1.76 bits per heavy atom. The normalized spacial score (nSPS) is 11.7. The van der Waals surface area contributed by atoms with E-state index in [1.807, 2.05) is 6.29 Å². The van der Waals surface area contributed by atoms with Crippen molar-refractivity contribution in [3.63, 3.8) is 0 Å². The van der Waals surface area contributed by atoms with Gasteiger partial charge in [0, 0.05) is 6.42 Å². The fourth-order valence-corrected chi connectivity index (χ4v) is 2.36. The molecule has 0 fully saturated rings. The first-order chi connectivity index (χ1) is 10.4. The Balaban J connectivity index is 3.16.